The highest BCUT2D eigenvalue weighted by molar-refractivity contribution is 6.33. The Balaban J connectivity index is 2.40. The van der Waals surface area contributed by atoms with E-state index in [1.165, 1.54) is 0 Å². The van der Waals surface area contributed by atoms with E-state index in [0.29, 0.717) is 22.3 Å². The van der Waals surface area contributed by atoms with E-state index in [9.17, 15) is 17.6 Å². The Kier molecular flexibility index (Phi) is 6.76. The normalized spacial score (nSPS) is 12.0. The molecule has 0 saturated carbocycles. The minimum Gasteiger partial charge on any atom is -0.366 e. The van der Waals surface area contributed by atoms with E-state index >= 15 is 0 Å². The SMILES string of the molecule is CCN(C)C=Nc1cc(C)c(Cc2cc(C(F)(F)F)cc(Cl)c2F)cc1Cl. The molecule has 0 atom stereocenters. The van der Waals surface area contributed by atoms with Crippen LogP contribution in [0.1, 0.15) is 29.2 Å². The molecular formula is C19H18Cl2F4N2. The Labute approximate surface area is 165 Å². The van der Waals surface area contributed by atoms with Gasteiger partial charge in [0.1, 0.15) is 5.82 Å². The molecule has 0 spiro atoms. The first kappa shape index (κ1) is 21.5. The highest BCUT2D eigenvalue weighted by Gasteiger charge is 2.32. The van der Waals surface area contributed by atoms with Crippen molar-refractivity contribution in [3.05, 3.63) is 62.4 Å². The van der Waals surface area contributed by atoms with Crippen molar-refractivity contribution in [1.82, 2.24) is 4.90 Å². The van der Waals surface area contributed by atoms with Crippen LogP contribution >= 0.6 is 23.2 Å². The molecule has 146 valence electrons. The van der Waals surface area contributed by atoms with Gasteiger partial charge in [0, 0.05) is 20.0 Å². The van der Waals surface area contributed by atoms with E-state index in [-0.39, 0.29) is 12.0 Å². The first-order chi connectivity index (χ1) is 12.5. The second kappa shape index (κ2) is 8.48. The standard InChI is InChI=1S/C19H18Cl2F4N2/c1-4-27(3)10-26-17-5-11(2)12(8-15(17)20)6-13-7-14(19(23,24)25)9-16(21)18(13)22/h5,7-10H,4,6H2,1-3H3. The van der Waals surface area contributed by atoms with Crippen molar-refractivity contribution in [2.75, 3.05) is 13.6 Å². The van der Waals surface area contributed by atoms with Gasteiger partial charge in [-0.05, 0) is 54.8 Å². The predicted octanol–water partition coefficient (Wildman–Crippen LogP) is 6.66. The van der Waals surface area contributed by atoms with Gasteiger partial charge in [0.05, 0.1) is 27.6 Å². The fraction of sp³-hybridized carbons (Fsp3) is 0.316. The lowest BCUT2D eigenvalue weighted by Crippen LogP contribution is -2.14. The third-order valence-electron chi connectivity index (χ3n) is 4.11. The minimum absolute atomic E-state index is 0.0696. The number of aryl methyl sites for hydroxylation is 1. The molecule has 27 heavy (non-hydrogen) atoms. The van der Waals surface area contributed by atoms with E-state index in [4.69, 9.17) is 23.2 Å². The molecule has 2 nitrogen and oxygen atoms in total. The first-order valence-corrected chi connectivity index (χ1v) is 8.87. The van der Waals surface area contributed by atoms with E-state index in [1.54, 1.807) is 25.4 Å². The van der Waals surface area contributed by atoms with Gasteiger partial charge in [-0.15, -0.1) is 0 Å². The topological polar surface area (TPSA) is 15.6 Å². The van der Waals surface area contributed by atoms with Crippen LogP contribution in [0.2, 0.25) is 10.0 Å². The summed E-state index contributed by atoms with van der Waals surface area (Å²) in [5, 5.41) is -0.234. The lowest BCUT2D eigenvalue weighted by atomic mass is 9.98. The molecule has 0 aliphatic carbocycles. The summed E-state index contributed by atoms with van der Waals surface area (Å²) in [7, 11) is 1.86. The smallest absolute Gasteiger partial charge is 0.366 e. The lowest BCUT2D eigenvalue weighted by Gasteiger charge is -2.14. The number of alkyl halides is 3. The Morgan fingerprint density at radius 1 is 1.07 bits per heavy atom. The Morgan fingerprint density at radius 3 is 2.33 bits per heavy atom. The van der Waals surface area contributed by atoms with Gasteiger partial charge in [-0.3, -0.25) is 0 Å². The van der Waals surface area contributed by atoms with Crippen molar-refractivity contribution in [2.24, 2.45) is 4.99 Å². The highest BCUT2D eigenvalue weighted by Crippen LogP contribution is 2.35. The monoisotopic (exact) mass is 420 g/mol. The van der Waals surface area contributed by atoms with Crippen LogP contribution in [-0.4, -0.2) is 24.8 Å². The number of rotatable bonds is 5. The molecule has 0 unspecified atom stereocenters. The summed E-state index contributed by atoms with van der Waals surface area (Å²) < 4.78 is 53.2. The molecule has 0 aliphatic rings. The number of halogens is 6. The first-order valence-electron chi connectivity index (χ1n) is 8.11. The van der Waals surface area contributed by atoms with Crippen LogP contribution in [-0.2, 0) is 12.6 Å². The fourth-order valence-electron chi connectivity index (χ4n) is 2.38. The van der Waals surface area contributed by atoms with Gasteiger partial charge in [0.15, 0.2) is 0 Å². The van der Waals surface area contributed by atoms with Gasteiger partial charge < -0.3 is 4.90 Å². The molecule has 0 radical (unpaired) electrons. The zero-order chi connectivity index (χ0) is 20.4. The Morgan fingerprint density at radius 2 is 1.74 bits per heavy atom. The maximum absolute atomic E-state index is 14.3. The summed E-state index contributed by atoms with van der Waals surface area (Å²) >= 11 is 11.9. The molecule has 0 fully saturated rings. The summed E-state index contributed by atoms with van der Waals surface area (Å²) in [5.74, 6) is -0.869. The summed E-state index contributed by atoms with van der Waals surface area (Å²) in [6.07, 6.45) is -3.05. The van der Waals surface area contributed by atoms with E-state index in [2.05, 4.69) is 4.99 Å². The predicted molar refractivity (Wildman–Crippen MR) is 102 cm³/mol. The zero-order valence-electron chi connectivity index (χ0n) is 15.0. The molecule has 0 bridgehead atoms. The molecule has 0 aromatic heterocycles. The number of benzene rings is 2. The average molecular weight is 421 g/mol. The summed E-state index contributed by atoms with van der Waals surface area (Å²) in [6.45, 7) is 4.51. The van der Waals surface area contributed by atoms with Crippen molar-refractivity contribution in [1.29, 1.82) is 0 Å². The minimum atomic E-state index is -4.61. The van der Waals surface area contributed by atoms with Crippen LogP contribution in [0.25, 0.3) is 0 Å². The van der Waals surface area contributed by atoms with Crippen LogP contribution in [0, 0.1) is 12.7 Å². The second-order valence-electron chi connectivity index (χ2n) is 6.15. The van der Waals surface area contributed by atoms with Crippen LogP contribution < -0.4 is 0 Å². The van der Waals surface area contributed by atoms with Crippen molar-refractivity contribution < 1.29 is 17.6 Å². The lowest BCUT2D eigenvalue weighted by molar-refractivity contribution is -0.137. The number of aliphatic imine (C=N–C) groups is 1. The quantitative estimate of drug-likeness (QED) is 0.299. The third-order valence-corrected chi connectivity index (χ3v) is 4.69. The summed E-state index contributed by atoms with van der Waals surface area (Å²) in [4.78, 5) is 6.15. The van der Waals surface area contributed by atoms with Crippen LogP contribution in [0.5, 0.6) is 0 Å². The van der Waals surface area contributed by atoms with Crippen molar-refractivity contribution in [3.63, 3.8) is 0 Å². The number of hydrogen-bond acceptors (Lipinski definition) is 1. The van der Waals surface area contributed by atoms with Crippen molar-refractivity contribution in [2.45, 2.75) is 26.4 Å². The molecule has 0 amide bonds. The Bertz CT molecular complexity index is 864. The van der Waals surface area contributed by atoms with Gasteiger partial charge in [0.25, 0.3) is 0 Å². The maximum atomic E-state index is 14.3. The summed E-state index contributed by atoms with van der Waals surface area (Å²) in [5.41, 5.74) is 0.726. The molecule has 2 rings (SSSR count). The van der Waals surface area contributed by atoms with Crippen LogP contribution in [0.15, 0.2) is 29.3 Å². The van der Waals surface area contributed by atoms with E-state index in [0.717, 1.165) is 18.2 Å². The molecule has 0 saturated heterocycles. The van der Waals surface area contributed by atoms with Gasteiger partial charge in [-0.1, -0.05) is 23.2 Å². The molecule has 0 heterocycles. The van der Waals surface area contributed by atoms with Gasteiger partial charge in [-0.25, -0.2) is 9.38 Å². The third kappa shape index (κ3) is 5.36. The number of hydrogen-bond donors (Lipinski definition) is 0. The largest absolute Gasteiger partial charge is 0.416 e. The van der Waals surface area contributed by atoms with Gasteiger partial charge >= 0.3 is 6.18 Å². The Hall–Kier alpha value is -1.79. The molecule has 2 aromatic carbocycles. The summed E-state index contributed by atoms with van der Waals surface area (Å²) in [6, 6.07) is 4.66. The van der Waals surface area contributed by atoms with E-state index in [1.807, 2.05) is 18.9 Å². The molecule has 2 aromatic rings. The second-order valence-corrected chi connectivity index (χ2v) is 6.97. The zero-order valence-corrected chi connectivity index (χ0v) is 16.5. The van der Waals surface area contributed by atoms with Gasteiger partial charge in [0.2, 0.25) is 0 Å². The maximum Gasteiger partial charge on any atom is 0.416 e. The molecule has 8 heteroatoms. The highest BCUT2D eigenvalue weighted by atomic mass is 35.5. The van der Waals surface area contributed by atoms with Crippen LogP contribution in [0.3, 0.4) is 0 Å². The van der Waals surface area contributed by atoms with Gasteiger partial charge in [-0.2, -0.15) is 13.2 Å². The molecular weight excluding hydrogens is 403 g/mol. The van der Waals surface area contributed by atoms with Crippen LogP contribution in [0.4, 0.5) is 23.2 Å². The van der Waals surface area contributed by atoms with E-state index < -0.39 is 22.6 Å². The number of nitrogens with zero attached hydrogens (tertiary/aromatic N) is 2. The molecule has 0 aliphatic heterocycles. The fourth-order valence-corrected chi connectivity index (χ4v) is 2.86. The average Bonchev–Trinajstić information content (AvgIpc) is 2.58. The van der Waals surface area contributed by atoms with Crippen molar-refractivity contribution in [3.8, 4) is 0 Å². The van der Waals surface area contributed by atoms with Crippen molar-refractivity contribution >= 4 is 35.2 Å². The molecule has 0 N–H and O–H groups in total.